The molecule has 0 radical (unpaired) electrons. The number of anilines is 2. The van der Waals surface area contributed by atoms with E-state index >= 15 is 8.78 Å². The van der Waals surface area contributed by atoms with Gasteiger partial charge in [-0.05, 0) is 105 Å². The van der Waals surface area contributed by atoms with E-state index in [9.17, 15) is 50.3 Å². The quantitative estimate of drug-likeness (QED) is 0.0527. The molecular formula is C50H50F8N8O7S. The number of pyridine rings is 1. The molecule has 4 aromatic rings. The van der Waals surface area contributed by atoms with Crippen LogP contribution >= 0.6 is 12.2 Å². The van der Waals surface area contributed by atoms with Gasteiger partial charge >= 0.3 is 12.4 Å². The van der Waals surface area contributed by atoms with E-state index in [1.165, 1.54) is 24.8 Å². The summed E-state index contributed by atoms with van der Waals surface area (Å²) in [5.74, 6) is -6.54. The largest absolute Gasteiger partial charge is 0.494 e. The number of likely N-dealkylation sites (tertiary alicyclic amines) is 1. The van der Waals surface area contributed by atoms with Crippen LogP contribution in [0.5, 0.6) is 5.75 Å². The minimum Gasteiger partial charge on any atom is -0.494 e. The lowest BCUT2D eigenvalue weighted by Gasteiger charge is -2.35. The lowest BCUT2D eigenvalue weighted by Crippen LogP contribution is -2.58. The van der Waals surface area contributed by atoms with Crippen molar-refractivity contribution in [3.05, 3.63) is 106 Å². The van der Waals surface area contributed by atoms with E-state index in [2.05, 4.69) is 15.6 Å². The topological polar surface area (TPSA) is 200 Å². The van der Waals surface area contributed by atoms with Gasteiger partial charge < -0.3 is 35.6 Å². The van der Waals surface area contributed by atoms with Crippen LogP contribution < -0.4 is 30.9 Å². The lowest BCUT2D eigenvalue weighted by molar-refractivity contribution is -0.144. The van der Waals surface area contributed by atoms with Gasteiger partial charge in [0, 0.05) is 36.9 Å². The molecule has 1 aromatic heterocycles. The Morgan fingerprint density at radius 3 is 2.24 bits per heavy atom. The van der Waals surface area contributed by atoms with Crippen molar-refractivity contribution >= 4 is 58.2 Å². The number of thiocarbonyl (C=S) groups is 1. The summed E-state index contributed by atoms with van der Waals surface area (Å²) in [4.78, 5) is 71.8. The number of nitriles is 1. The van der Waals surface area contributed by atoms with Crippen LogP contribution in [0.3, 0.4) is 0 Å². The van der Waals surface area contributed by atoms with Crippen molar-refractivity contribution in [2.75, 3.05) is 36.2 Å². The summed E-state index contributed by atoms with van der Waals surface area (Å²) >= 11 is 5.37. The molecule has 0 unspecified atom stereocenters. The summed E-state index contributed by atoms with van der Waals surface area (Å²) in [6.45, 7) is 7.75. The summed E-state index contributed by atoms with van der Waals surface area (Å²) < 4.78 is 127. The third-order valence-corrected chi connectivity index (χ3v) is 12.6. The van der Waals surface area contributed by atoms with Gasteiger partial charge in [-0.15, -0.1) is 0 Å². The van der Waals surface area contributed by atoms with Crippen molar-refractivity contribution in [1.29, 1.82) is 5.26 Å². The Labute approximate surface area is 424 Å². The van der Waals surface area contributed by atoms with Crippen LogP contribution in [0.25, 0.3) is 11.3 Å². The average Bonchev–Trinajstić information content (AvgIpc) is 3.88. The predicted molar refractivity (Wildman–Crippen MR) is 256 cm³/mol. The Morgan fingerprint density at radius 1 is 0.959 bits per heavy atom. The number of amides is 5. The number of nitrogens with two attached hydrogens (primary N) is 1. The minimum atomic E-state index is -5.34. The number of carbonyl (C=O) groups excluding carboxylic acids is 5. The second-order valence-electron chi connectivity index (χ2n) is 18.9. The number of aromatic nitrogens is 1. The molecule has 2 fully saturated rings. The fourth-order valence-electron chi connectivity index (χ4n) is 8.43. The van der Waals surface area contributed by atoms with Gasteiger partial charge in [0.15, 0.2) is 16.7 Å². The molecule has 3 heterocycles. The molecule has 15 nitrogen and oxygen atoms in total. The monoisotopic (exact) mass is 1060 g/mol. The first-order chi connectivity index (χ1) is 34.6. The van der Waals surface area contributed by atoms with Crippen molar-refractivity contribution in [1.82, 2.24) is 20.5 Å². The Bertz CT molecular complexity index is 2890. The normalized spacial score (nSPS) is 16.3. The zero-order valence-electron chi connectivity index (χ0n) is 40.5. The molecule has 0 bridgehead atoms. The van der Waals surface area contributed by atoms with Crippen LogP contribution in [-0.2, 0) is 42.8 Å². The van der Waals surface area contributed by atoms with Gasteiger partial charge in [0.2, 0.25) is 23.6 Å². The van der Waals surface area contributed by atoms with Gasteiger partial charge in [0.05, 0.1) is 41.4 Å². The third kappa shape index (κ3) is 12.2. The summed E-state index contributed by atoms with van der Waals surface area (Å²) in [7, 11) is 0. The molecule has 394 valence electrons. The summed E-state index contributed by atoms with van der Waals surface area (Å²) in [5.41, 5.74) is -3.26. The van der Waals surface area contributed by atoms with Gasteiger partial charge in [0.1, 0.15) is 41.2 Å². The maximum Gasteiger partial charge on any atom is 0.420 e. The highest BCUT2D eigenvalue weighted by molar-refractivity contribution is 7.81. The van der Waals surface area contributed by atoms with Crippen molar-refractivity contribution in [2.24, 2.45) is 11.1 Å². The number of alkyl halides is 6. The molecule has 2 saturated heterocycles. The number of rotatable bonds is 17. The van der Waals surface area contributed by atoms with E-state index in [1.54, 1.807) is 45.0 Å². The maximum atomic E-state index is 15.9. The molecule has 0 aliphatic carbocycles. The van der Waals surface area contributed by atoms with Gasteiger partial charge in [-0.1, -0.05) is 32.9 Å². The van der Waals surface area contributed by atoms with Crippen molar-refractivity contribution in [3.8, 4) is 23.1 Å². The van der Waals surface area contributed by atoms with E-state index in [-0.39, 0.29) is 43.5 Å². The summed E-state index contributed by atoms with van der Waals surface area (Å²) in [5, 5.41) is 14.1. The maximum absolute atomic E-state index is 15.9. The number of primary amides is 1. The fraction of sp³-hybridized carbons (Fsp3) is 0.400. The number of hydrogen-bond donors (Lipinski definition) is 3. The Balaban J connectivity index is 1.02. The van der Waals surface area contributed by atoms with Crippen LogP contribution in [-0.4, -0.2) is 88.5 Å². The smallest absolute Gasteiger partial charge is 0.420 e. The van der Waals surface area contributed by atoms with Crippen LogP contribution in [0, 0.1) is 28.4 Å². The molecule has 74 heavy (non-hydrogen) atoms. The molecule has 6 rings (SSSR count). The Kier molecular flexibility index (Phi) is 16.7. The zero-order valence-corrected chi connectivity index (χ0v) is 41.3. The molecule has 3 aromatic carbocycles. The highest BCUT2D eigenvalue weighted by Gasteiger charge is 2.52. The highest BCUT2D eigenvalue weighted by atomic mass is 32.1. The van der Waals surface area contributed by atoms with E-state index in [0.29, 0.717) is 54.5 Å². The Hall–Kier alpha value is -7.26. The minimum absolute atomic E-state index is 0.0368. The molecule has 24 heteroatoms. The van der Waals surface area contributed by atoms with E-state index in [1.807, 2.05) is 0 Å². The van der Waals surface area contributed by atoms with Crippen LogP contribution in [0.4, 0.5) is 46.5 Å². The number of carbonyl (C=O) groups is 5. The first-order valence-electron chi connectivity index (χ1n) is 22.9. The first-order valence-corrected chi connectivity index (χ1v) is 23.3. The Morgan fingerprint density at radius 2 is 1.64 bits per heavy atom. The second kappa shape index (κ2) is 22.1. The molecule has 2 atom stereocenters. The third-order valence-electron chi connectivity index (χ3n) is 12.2. The number of benzene rings is 3. The molecule has 0 saturated carbocycles. The van der Waals surface area contributed by atoms with Crippen LogP contribution in [0.1, 0.15) is 92.9 Å². The molecule has 5 amide bonds. The van der Waals surface area contributed by atoms with Crippen LogP contribution in [0.2, 0.25) is 0 Å². The molecule has 2 aliphatic rings. The van der Waals surface area contributed by atoms with Crippen molar-refractivity contribution in [3.63, 3.8) is 0 Å². The van der Waals surface area contributed by atoms with Crippen molar-refractivity contribution < 1.29 is 68.6 Å². The van der Waals surface area contributed by atoms with E-state index < -0.39 is 116 Å². The van der Waals surface area contributed by atoms with E-state index in [0.717, 1.165) is 34.9 Å². The van der Waals surface area contributed by atoms with Gasteiger partial charge in [-0.2, -0.15) is 31.6 Å². The number of halogens is 8. The number of nitrogens with zero attached hydrogens (tertiary/aromatic N) is 5. The highest BCUT2D eigenvalue weighted by Crippen LogP contribution is 2.44. The van der Waals surface area contributed by atoms with Crippen molar-refractivity contribution in [2.45, 2.75) is 96.8 Å². The lowest BCUT2D eigenvalue weighted by atomic mass is 9.85. The summed E-state index contributed by atoms with van der Waals surface area (Å²) in [6, 6.07) is 10.8. The molecular weight excluding hydrogens is 1010 g/mol. The van der Waals surface area contributed by atoms with Gasteiger partial charge in [0.25, 0.3) is 5.91 Å². The number of unbranched alkanes of at least 4 members (excludes halogenated alkanes) is 1. The molecule has 4 N–H and O–H groups in total. The van der Waals surface area contributed by atoms with Gasteiger partial charge in [-0.25, -0.2) is 8.78 Å². The standard InChI is InChI=1S/C50H50F8N8O7S/c1-47(2,3)41(44(70)64-18-8-9-36(64)43(69)62-24-27-10-12-28(13-11-27)42(60)68)63-37(67)26-72-19-6-7-20-73-31-15-16-32(33(22-31)49(53,54)55)40-34(51)21-30(25-61-40)66-46(74)65(45(71)48(66,4)5)35-17-14-29(23-59)38(39(35)52)50(56,57)58/h10-17,21-22,25,36,41H,6-9,18-20,24,26H2,1-5H3,(H2,60,68)(H,62,69)(H,63,67)/t36-,41+/m0/s1. The zero-order chi connectivity index (χ0) is 54.7. The first kappa shape index (κ1) is 56.0. The number of ether oxygens (including phenoxy) is 2. The predicted octanol–water partition coefficient (Wildman–Crippen LogP) is 7.97. The fourth-order valence-corrected chi connectivity index (χ4v) is 8.94. The van der Waals surface area contributed by atoms with Crippen LogP contribution in [0.15, 0.2) is 66.9 Å². The van der Waals surface area contributed by atoms with Gasteiger partial charge in [-0.3, -0.25) is 33.9 Å². The average molecular weight is 1060 g/mol. The number of hydrogen-bond acceptors (Lipinski definition) is 10. The molecule has 2 aliphatic heterocycles. The molecule has 0 spiro atoms. The SMILES string of the molecule is CC(C)(C)[C@H](NC(=O)COCCCCOc1ccc(-c2ncc(N3C(=S)N(c4ccc(C#N)c(C(F)(F)F)c4F)C(=O)C3(C)C)cc2F)c(C(F)(F)F)c1)C(=O)N1CCC[C@H]1C(=O)NCc1ccc(C(N)=O)cc1. The second-order valence-corrected chi connectivity index (χ2v) is 19.3. The van der Waals surface area contributed by atoms with E-state index in [4.69, 9.17) is 32.7 Å². The number of nitrogens with one attached hydrogen (secondary N) is 2. The summed E-state index contributed by atoms with van der Waals surface area (Å²) in [6.07, 6.45) is -7.94.